The van der Waals surface area contributed by atoms with Crippen molar-refractivity contribution < 1.29 is 74.2 Å². The van der Waals surface area contributed by atoms with Crippen LogP contribution in [-0.4, -0.2) is 76.9 Å². The molecule has 0 saturated carbocycles. The van der Waals surface area contributed by atoms with Crippen LogP contribution in [0, 0.1) is 6.92 Å². The summed E-state index contributed by atoms with van der Waals surface area (Å²) in [4.78, 5) is 51.0. The summed E-state index contributed by atoms with van der Waals surface area (Å²) >= 11 is 0. The van der Waals surface area contributed by atoms with Crippen LogP contribution in [0.25, 0.3) is 6.08 Å². The van der Waals surface area contributed by atoms with E-state index in [4.69, 9.17) is 14.2 Å². The van der Waals surface area contributed by atoms with E-state index in [-0.39, 0.29) is 40.2 Å². The molecular formula is C37H32O15. The molecule has 0 spiro atoms. The zero-order valence-corrected chi connectivity index (χ0v) is 27.2. The number of aryl methyl sites for hydroxylation is 1. The van der Waals surface area contributed by atoms with Crippen molar-refractivity contribution in [1.82, 2.24) is 0 Å². The predicted octanol–water partition coefficient (Wildman–Crippen LogP) is 3.94. The van der Waals surface area contributed by atoms with E-state index in [1.54, 1.807) is 13.0 Å². The Bertz CT molecular complexity index is 2090. The fraction of sp³-hybridized carbons (Fsp3) is 0.189. The lowest BCUT2D eigenvalue weighted by Gasteiger charge is -2.22. The first-order valence-electron chi connectivity index (χ1n) is 15.5. The van der Waals surface area contributed by atoms with E-state index in [0.29, 0.717) is 11.1 Å². The van der Waals surface area contributed by atoms with Crippen LogP contribution in [0.1, 0.15) is 45.4 Å². The van der Waals surface area contributed by atoms with Crippen LogP contribution in [-0.2, 0) is 41.5 Å². The van der Waals surface area contributed by atoms with Crippen LogP contribution in [0.15, 0.2) is 72.8 Å². The van der Waals surface area contributed by atoms with Crippen molar-refractivity contribution in [2.75, 3.05) is 0 Å². The highest BCUT2D eigenvalue weighted by Gasteiger charge is 2.46. The van der Waals surface area contributed by atoms with Crippen LogP contribution in [0.4, 0.5) is 0 Å². The normalized spacial score (nSPS) is 16.0. The Morgan fingerprint density at radius 2 is 1.25 bits per heavy atom. The minimum Gasteiger partial charge on any atom is -0.508 e. The van der Waals surface area contributed by atoms with E-state index in [9.17, 15) is 60.0 Å². The van der Waals surface area contributed by atoms with Crippen molar-refractivity contribution in [2.45, 2.75) is 44.0 Å². The Morgan fingerprint density at radius 1 is 0.692 bits per heavy atom. The van der Waals surface area contributed by atoms with Crippen LogP contribution >= 0.6 is 0 Å². The second-order valence-corrected chi connectivity index (χ2v) is 11.9. The van der Waals surface area contributed by atoms with E-state index < -0.39 is 83.3 Å². The summed E-state index contributed by atoms with van der Waals surface area (Å²) in [7, 11) is 0. The average Bonchev–Trinajstić information content (AvgIpc) is 3.50. The van der Waals surface area contributed by atoms with Gasteiger partial charge in [0.1, 0.15) is 17.8 Å². The lowest BCUT2D eigenvalue weighted by molar-refractivity contribution is -0.166. The van der Waals surface area contributed by atoms with Crippen molar-refractivity contribution in [2.24, 2.45) is 0 Å². The first kappa shape index (κ1) is 36.4. The molecule has 0 fully saturated rings. The molecule has 4 aromatic carbocycles. The molecule has 1 heterocycles. The largest absolute Gasteiger partial charge is 0.508 e. The molecule has 0 bridgehead atoms. The molecule has 15 nitrogen and oxygen atoms in total. The summed E-state index contributed by atoms with van der Waals surface area (Å²) in [6, 6.07) is 13.9. The molecule has 4 atom stereocenters. The molecule has 8 N–H and O–H groups in total. The SMILES string of the molecule is Cc1cc(C[C@@H](OC(=O)/C=C/c2ccc(O)c3c2[C@H](C(=O)O[C@H](Cc2ccc(O)c(O)c2)C(=O)O)[C@@H](c2ccc(O)c(O)c2)O3)C(=O)O)ccc1O. The molecule has 0 radical (unpaired) electrons. The fourth-order valence-electron chi connectivity index (χ4n) is 5.64. The van der Waals surface area contributed by atoms with Gasteiger partial charge in [-0.15, -0.1) is 0 Å². The van der Waals surface area contributed by atoms with E-state index in [1.807, 2.05) is 0 Å². The number of ether oxygens (including phenoxy) is 3. The monoisotopic (exact) mass is 716 g/mol. The molecule has 0 amide bonds. The van der Waals surface area contributed by atoms with Crippen LogP contribution in [0.3, 0.4) is 0 Å². The third-order valence-corrected chi connectivity index (χ3v) is 8.26. The summed E-state index contributed by atoms with van der Waals surface area (Å²) in [5, 5.41) is 79.8. The number of carboxylic acid groups (broad SMARTS) is 2. The first-order valence-corrected chi connectivity index (χ1v) is 15.5. The number of fused-ring (bicyclic) bond motifs is 1. The summed E-state index contributed by atoms with van der Waals surface area (Å²) < 4.78 is 16.6. The summed E-state index contributed by atoms with van der Waals surface area (Å²) in [5.74, 6) is -9.59. The van der Waals surface area contributed by atoms with Gasteiger partial charge in [0.15, 0.2) is 34.5 Å². The fourth-order valence-corrected chi connectivity index (χ4v) is 5.64. The molecule has 0 unspecified atom stereocenters. The lowest BCUT2D eigenvalue weighted by Crippen LogP contribution is -2.33. The molecule has 270 valence electrons. The average molecular weight is 717 g/mol. The maximum absolute atomic E-state index is 14.0. The van der Waals surface area contributed by atoms with Crippen molar-refractivity contribution in [3.63, 3.8) is 0 Å². The van der Waals surface area contributed by atoms with Gasteiger partial charge in [0.2, 0.25) is 12.2 Å². The third-order valence-electron chi connectivity index (χ3n) is 8.26. The van der Waals surface area contributed by atoms with Gasteiger partial charge in [-0.05, 0) is 77.2 Å². The molecule has 5 rings (SSSR count). The van der Waals surface area contributed by atoms with Crippen molar-refractivity contribution in [3.05, 3.63) is 106 Å². The maximum Gasteiger partial charge on any atom is 0.345 e. The third kappa shape index (κ3) is 7.94. The van der Waals surface area contributed by atoms with Crippen LogP contribution in [0.5, 0.6) is 40.2 Å². The number of hydrogen-bond acceptors (Lipinski definition) is 13. The van der Waals surface area contributed by atoms with Gasteiger partial charge in [0.25, 0.3) is 0 Å². The molecule has 0 saturated heterocycles. The number of rotatable bonds is 12. The topological polar surface area (TPSA) is 258 Å². The van der Waals surface area contributed by atoms with E-state index in [2.05, 4.69) is 0 Å². The Morgan fingerprint density at radius 3 is 1.85 bits per heavy atom. The highest BCUT2D eigenvalue weighted by Crippen LogP contribution is 2.53. The molecule has 1 aliphatic rings. The predicted molar refractivity (Wildman–Crippen MR) is 178 cm³/mol. The lowest BCUT2D eigenvalue weighted by atomic mass is 9.87. The maximum atomic E-state index is 14.0. The van der Waals surface area contributed by atoms with Gasteiger partial charge in [0.05, 0.1) is 0 Å². The Kier molecular flexibility index (Phi) is 10.4. The number of phenols is 6. The number of aromatic hydroxyl groups is 6. The van der Waals surface area contributed by atoms with Gasteiger partial charge in [-0.2, -0.15) is 0 Å². The zero-order valence-electron chi connectivity index (χ0n) is 27.2. The van der Waals surface area contributed by atoms with Crippen molar-refractivity contribution in [3.8, 4) is 40.2 Å². The first-order chi connectivity index (χ1) is 24.6. The number of carbonyl (C=O) groups is 4. The van der Waals surface area contributed by atoms with Gasteiger partial charge in [-0.25, -0.2) is 14.4 Å². The van der Waals surface area contributed by atoms with E-state index in [1.165, 1.54) is 42.5 Å². The molecule has 4 aromatic rings. The molecule has 0 aromatic heterocycles. The minimum atomic E-state index is -1.83. The van der Waals surface area contributed by atoms with Crippen LogP contribution in [0.2, 0.25) is 0 Å². The number of hydrogen-bond donors (Lipinski definition) is 8. The van der Waals surface area contributed by atoms with Gasteiger partial charge < -0.3 is 55.1 Å². The standard InChI is InChI=1S/C37H32O15/c1-17-12-18(2-7-22(17)38)14-28(35(45)46)50-30(44)11-6-20-4-10-25(41)34-31(20)32(33(52-34)21-5-9-24(40)27(43)16-21)37(49)51-29(36(47)48)15-19-3-8-23(39)26(42)13-19/h2-13,16,28-29,32-33,38-43H,14-15H2,1H3,(H,45,46)(H,47,48)/b11-6+/t28-,29-,32+,33-/m1/s1. The van der Waals surface area contributed by atoms with E-state index in [0.717, 1.165) is 30.3 Å². The molecule has 0 aliphatic carbocycles. The number of carboxylic acids is 2. The number of phenolic OH excluding ortho intramolecular Hbond substituents is 6. The van der Waals surface area contributed by atoms with Gasteiger partial charge in [0, 0.05) is 24.5 Å². The Hall–Kier alpha value is -6.90. The number of aliphatic carboxylic acids is 2. The summed E-state index contributed by atoms with van der Waals surface area (Å²) in [6.45, 7) is 1.62. The van der Waals surface area contributed by atoms with Gasteiger partial charge in [-0.3, -0.25) is 4.79 Å². The number of carbonyl (C=O) groups excluding carboxylic acids is 2. The second kappa shape index (κ2) is 14.9. The number of benzene rings is 4. The van der Waals surface area contributed by atoms with Gasteiger partial charge >= 0.3 is 23.9 Å². The minimum absolute atomic E-state index is 0.00344. The molecule has 15 heteroatoms. The highest BCUT2D eigenvalue weighted by molar-refractivity contribution is 5.92. The summed E-state index contributed by atoms with van der Waals surface area (Å²) in [5.41, 5.74) is 1.27. The molecular weight excluding hydrogens is 684 g/mol. The number of esters is 2. The Balaban J connectivity index is 1.47. The quantitative estimate of drug-likeness (QED) is 0.0587. The van der Waals surface area contributed by atoms with E-state index >= 15 is 0 Å². The zero-order chi connectivity index (χ0) is 37.9. The van der Waals surface area contributed by atoms with Gasteiger partial charge in [-0.1, -0.05) is 30.3 Å². The molecule has 1 aliphatic heterocycles. The van der Waals surface area contributed by atoms with Crippen LogP contribution < -0.4 is 4.74 Å². The highest BCUT2D eigenvalue weighted by atomic mass is 16.6. The Labute approximate surface area is 294 Å². The second-order valence-electron chi connectivity index (χ2n) is 11.9. The molecule has 52 heavy (non-hydrogen) atoms. The summed E-state index contributed by atoms with van der Waals surface area (Å²) in [6.07, 6.45) is -3.44. The smallest absolute Gasteiger partial charge is 0.345 e. The van der Waals surface area contributed by atoms with Crippen molar-refractivity contribution >= 4 is 30.0 Å². The van der Waals surface area contributed by atoms with Crippen molar-refractivity contribution in [1.29, 1.82) is 0 Å².